The first-order valence-electron chi connectivity index (χ1n) is 8.81. The van der Waals surface area contributed by atoms with E-state index < -0.39 is 10.0 Å². The number of hydrogen-bond donors (Lipinski definition) is 2. The van der Waals surface area contributed by atoms with Crippen molar-refractivity contribution in [2.45, 2.75) is 25.0 Å². The zero-order chi connectivity index (χ0) is 21.9. The van der Waals surface area contributed by atoms with Crippen LogP contribution in [0.3, 0.4) is 0 Å². The summed E-state index contributed by atoms with van der Waals surface area (Å²) in [6.07, 6.45) is 3.28. The van der Waals surface area contributed by atoms with Crippen LogP contribution < -0.4 is 10.0 Å². The van der Waals surface area contributed by atoms with Crippen LogP contribution in [0.1, 0.15) is 40.5 Å². The molecule has 2 aromatic heterocycles. The van der Waals surface area contributed by atoms with Gasteiger partial charge in [-0.1, -0.05) is 17.3 Å². The van der Waals surface area contributed by atoms with Crippen LogP contribution in [0, 0.1) is 6.92 Å². The lowest BCUT2D eigenvalue weighted by atomic mass is 10.1. The van der Waals surface area contributed by atoms with E-state index in [0.717, 1.165) is 11.3 Å². The largest absolute Gasteiger partial charge is 0.354 e. The number of aromatic nitrogens is 1. The van der Waals surface area contributed by atoms with Crippen molar-refractivity contribution in [3.63, 3.8) is 0 Å². The third-order valence-corrected chi connectivity index (χ3v) is 6.90. The van der Waals surface area contributed by atoms with E-state index in [0.29, 0.717) is 33.3 Å². The van der Waals surface area contributed by atoms with Gasteiger partial charge in [0.2, 0.25) is 5.91 Å². The first kappa shape index (κ1) is 21.5. The zero-order valence-corrected chi connectivity index (χ0v) is 18.1. The second-order valence-corrected chi connectivity index (χ2v) is 9.45. The molecule has 0 aliphatic heterocycles. The predicted molar refractivity (Wildman–Crippen MR) is 116 cm³/mol. The lowest BCUT2D eigenvalue weighted by Crippen LogP contribution is -2.11. The molecule has 0 saturated carbocycles. The molecule has 0 saturated heterocycles. The number of hydrogen-bond acceptors (Lipinski definition) is 7. The number of benzene rings is 1. The summed E-state index contributed by atoms with van der Waals surface area (Å²) in [6.45, 7) is 4.50. The summed E-state index contributed by atoms with van der Waals surface area (Å²) in [5.74, 6) is -0.0408. The second-order valence-electron chi connectivity index (χ2n) is 6.42. The van der Waals surface area contributed by atoms with Crippen molar-refractivity contribution in [2.75, 3.05) is 10.0 Å². The van der Waals surface area contributed by atoms with E-state index >= 15 is 0 Å². The Labute approximate surface area is 177 Å². The number of ketones is 1. The van der Waals surface area contributed by atoms with Gasteiger partial charge in [0.25, 0.3) is 10.0 Å². The molecule has 0 bridgehead atoms. The molecule has 0 unspecified atom stereocenters. The van der Waals surface area contributed by atoms with E-state index in [1.807, 2.05) is 0 Å². The lowest BCUT2D eigenvalue weighted by molar-refractivity contribution is -0.114. The molecule has 0 spiro atoms. The van der Waals surface area contributed by atoms with Gasteiger partial charge in [-0.25, -0.2) is 8.42 Å². The summed E-state index contributed by atoms with van der Waals surface area (Å²) in [7, 11) is -3.81. The van der Waals surface area contributed by atoms with Crippen LogP contribution in [-0.2, 0) is 14.8 Å². The summed E-state index contributed by atoms with van der Waals surface area (Å²) < 4.78 is 33.1. The Kier molecular flexibility index (Phi) is 6.18. The molecule has 10 heteroatoms. The lowest BCUT2D eigenvalue weighted by Gasteiger charge is -2.07. The smallest absolute Gasteiger partial charge is 0.271 e. The summed E-state index contributed by atoms with van der Waals surface area (Å²) in [5.41, 5.74) is 1.74. The third-order valence-electron chi connectivity index (χ3n) is 3.98. The number of thiophene rings is 1. The fraction of sp³-hybridized carbons (Fsp3) is 0.150. The van der Waals surface area contributed by atoms with E-state index in [4.69, 9.17) is 4.52 Å². The van der Waals surface area contributed by atoms with Gasteiger partial charge in [0, 0.05) is 23.1 Å². The summed E-state index contributed by atoms with van der Waals surface area (Å²) >= 11 is 1.06. The number of nitrogens with zero attached hydrogens (tertiary/aromatic N) is 1. The standard InChI is InChI=1S/C20H19N3O5S2/c1-12-20(21-14(3)25)18(28-22-12)9-7-17-8-10-19(29-17)30(26,27)23-16-6-4-5-15(11-16)13(2)24/h4-11,23H,1-3H3,(H,21,25)/b9-7+. The van der Waals surface area contributed by atoms with Crippen molar-refractivity contribution < 1.29 is 22.5 Å². The van der Waals surface area contributed by atoms with Crippen LogP contribution in [0.15, 0.2) is 45.1 Å². The molecular formula is C20H19N3O5S2. The molecule has 0 atom stereocenters. The van der Waals surface area contributed by atoms with Gasteiger partial charge in [0.05, 0.1) is 0 Å². The molecular weight excluding hydrogens is 426 g/mol. The molecule has 3 aromatic rings. The number of rotatable bonds is 7. The van der Waals surface area contributed by atoms with Crippen molar-refractivity contribution in [3.05, 3.63) is 58.3 Å². The molecule has 2 N–H and O–H groups in total. The predicted octanol–water partition coefficient (Wildman–Crippen LogP) is 4.18. The van der Waals surface area contributed by atoms with Crippen LogP contribution in [0.25, 0.3) is 12.2 Å². The first-order chi connectivity index (χ1) is 14.2. The average Bonchev–Trinajstić information content (AvgIpc) is 3.28. The normalized spacial score (nSPS) is 11.6. The number of sulfonamides is 1. The molecule has 1 amide bonds. The summed E-state index contributed by atoms with van der Waals surface area (Å²) in [5, 5.41) is 6.48. The number of carbonyl (C=O) groups excluding carboxylic acids is 2. The van der Waals surface area contributed by atoms with Crippen molar-refractivity contribution >= 4 is 56.6 Å². The maximum atomic E-state index is 12.7. The molecule has 30 heavy (non-hydrogen) atoms. The zero-order valence-electron chi connectivity index (χ0n) is 16.4. The highest BCUT2D eigenvalue weighted by molar-refractivity contribution is 7.94. The van der Waals surface area contributed by atoms with Crippen molar-refractivity contribution in [2.24, 2.45) is 0 Å². The highest BCUT2D eigenvalue weighted by Gasteiger charge is 2.17. The van der Waals surface area contributed by atoms with Crippen molar-refractivity contribution in [1.29, 1.82) is 0 Å². The minimum absolute atomic E-state index is 0.117. The Hall–Kier alpha value is -3.24. The van der Waals surface area contributed by atoms with Gasteiger partial charge in [-0.05, 0) is 50.3 Å². The fourth-order valence-electron chi connectivity index (χ4n) is 2.56. The quantitative estimate of drug-likeness (QED) is 0.527. The van der Waals surface area contributed by atoms with Crippen molar-refractivity contribution in [1.82, 2.24) is 5.16 Å². The molecule has 0 aliphatic carbocycles. The van der Waals surface area contributed by atoms with Gasteiger partial charge in [-0.15, -0.1) is 11.3 Å². The fourth-order valence-corrected chi connectivity index (χ4v) is 4.84. The van der Waals surface area contributed by atoms with Gasteiger partial charge in [-0.3, -0.25) is 14.3 Å². The number of nitrogens with one attached hydrogen (secondary N) is 2. The maximum absolute atomic E-state index is 12.7. The van der Waals surface area contributed by atoms with Crippen LogP contribution in [0.5, 0.6) is 0 Å². The minimum Gasteiger partial charge on any atom is -0.354 e. The monoisotopic (exact) mass is 445 g/mol. The van der Waals surface area contributed by atoms with Crippen LogP contribution in [0.2, 0.25) is 0 Å². The van der Waals surface area contributed by atoms with Gasteiger partial charge in [0.15, 0.2) is 11.5 Å². The van der Waals surface area contributed by atoms with Gasteiger partial charge < -0.3 is 9.84 Å². The maximum Gasteiger partial charge on any atom is 0.271 e. The molecule has 156 valence electrons. The van der Waals surface area contributed by atoms with E-state index in [-0.39, 0.29) is 15.9 Å². The number of anilines is 2. The topological polar surface area (TPSA) is 118 Å². The Morgan fingerprint density at radius 2 is 1.90 bits per heavy atom. The third kappa shape index (κ3) is 5.02. The van der Waals surface area contributed by atoms with E-state index in [1.54, 1.807) is 43.3 Å². The molecule has 0 aliphatic rings. The van der Waals surface area contributed by atoms with Gasteiger partial charge in [0.1, 0.15) is 15.6 Å². The van der Waals surface area contributed by atoms with Crippen molar-refractivity contribution in [3.8, 4) is 0 Å². The molecule has 3 rings (SSSR count). The van der Waals surface area contributed by atoms with Crippen LogP contribution in [0.4, 0.5) is 11.4 Å². The molecule has 0 radical (unpaired) electrons. The highest BCUT2D eigenvalue weighted by Crippen LogP contribution is 2.27. The molecule has 8 nitrogen and oxygen atoms in total. The first-order valence-corrected chi connectivity index (χ1v) is 11.1. The Morgan fingerprint density at radius 3 is 2.60 bits per heavy atom. The Bertz CT molecular complexity index is 1240. The van der Waals surface area contributed by atoms with Gasteiger partial charge in [-0.2, -0.15) is 0 Å². The highest BCUT2D eigenvalue weighted by atomic mass is 32.2. The van der Waals surface area contributed by atoms with E-state index in [9.17, 15) is 18.0 Å². The Balaban J connectivity index is 1.79. The molecule has 2 heterocycles. The SMILES string of the molecule is CC(=O)Nc1c(C)noc1/C=C/c1ccc(S(=O)(=O)Nc2cccc(C(C)=O)c2)s1. The summed E-state index contributed by atoms with van der Waals surface area (Å²) in [6, 6.07) is 9.45. The molecule has 1 aromatic carbocycles. The van der Waals surface area contributed by atoms with Crippen LogP contribution >= 0.6 is 11.3 Å². The second kappa shape index (κ2) is 8.64. The van der Waals surface area contributed by atoms with E-state index in [2.05, 4.69) is 15.2 Å². The molecule has 0 fully saturated rings. The van der Waals surface area contributed by atoms with E-state index in [1.165, 1.54) is 26.0 Å². The average molecular weight is 446 g/mol. The number of carbonyl (C=O) groups is 2. The minimum atomic E-state index is -3.81. The number of amides is 1. The number of Topliss-reactive ketones (excluding diaryl/α,β-unsaturated/α-hetero) is 1. The summed E-state index contributed by atoms with van der Waals surface area (Å²) in [4.78, 5) is 23.5. The van der Waals surface area contributed by atoms with Crippen LogP contribution in [-0.4, -0.2) is 25.3 Å². The Morgan fingerprint density at radius 1 is 1.13 bits per heavy atom. The van der Waals surface area contributed by atoms with Gasteiger partial charge >= 0.3 is 0 Å². The number of aryl methyl sites for hydroxylation is 1.